The summed E-state index contributed by atoms with van der Waals surface area (Å²) in [5, 5.41) is 7.90. The average molecular weight is 366 g/mol. The number of fused-ring (bicyclic) bond motifs is 1. The van der Waals surface area contributed by atoms with Crippen LogP contribution in [0.5, 0.6) is 17.2 Å². The second kappa shape index (κ2) is 7.19. The van der Waals surface area contributed by atoms with Crippen molar-refractivity contribution in [2.75, 3.05) is 26.6 Å². The van der Waals surface area contributed by atoms with Crippen molar-refractivity contribution < 1.29 is 14.2 Å². The summed E-state index contributed by atoms with van der Waals surface area (Å²) in [5.41, 5.74) is 2.18. The molecule has 0 unspecified atom stereocenters. The van der Waals surface area contributed by atoms with Crippen molar-refractivity contribution in [2.45, 2.75) is 18.5 Å². The Hall–Kier alpha value is -3.22. The fourth-order valence-corrected chi connectivity index (χ4v) is 3.55. The fraction of sp³-hybridized carbons (Fsp3) is 0.300. The molecule has 0 fully saturated rings. The van der Waals surface area contributed by atoms with Crippen molar-refractivity contribution in [1.82, 2.24) is 14.8 Å². The predicted molar refractivity (Wildman–Crippen MR) is 102 cm³/mol. The van der Waals surface area contributed by atoms with Gasteiger partial charge in [-0.05, 0) is 36.2 Å². The van der Waals surface area contributed by atoms with E-state index in [-0.39, 0.29) is 12.1 Å². The number of aromatic nitrogens is 3. The second-order valence-electron chi connectivity index (χ2n) is 6.36. The topological polar surface area (TPSA) is 70.4 Å². The number of rotatable bonds is 5. The van der Waals surface area contributed by atoms with Crippen molar-refractivity contribution in [3.05, 3.63) is 59.9 Å². The van der Waals surface area contributed by atoms with E-state index in [1.165, 1.54) is 0 Å². The molecule has 140 valence electrons. The van der Waals surface area contributed by atoms with Crippen molar-refractivity contribution in [1.29, 1.82) is 0 Å². The Balaban J connectivity index is 1.75. The Morgan fingerprint density at radius 3 is 2.59 bits per heavy atom. The van der Waals surface area contributed by atoms with Crippen molar-refractivity contribution in [3.8, 4) is 17.2 Å². The monoisotopic (exact) mass is 366 g/mol. The molecule has 0 radical (unpaired) electrons. The summed E-state index contributed by atoms with van der Waals surface area (Å²) >= 11 is 0. The molecule has 27 heavy (non-hydrogen) atoms. The van der Waals surface area contributed by atoms with Gasteiger partial charge in [0.05, 0.1) is 33.4 Å². The first kappa shape index (κ1) is 17.2. The van der Waals surface area contributed by atoms with E-state index in [0.29, 0.717) is 0 Å². The maximum Gasteiger partial charge on any atom is 0.222 e. The minimum absolute atomic E-state index is 0.0131. The number of nitrogens with zero attached hydrogens (tertiary/aromatic N) is 3. The molecule has 7 nitrogen and oxygen atoms in total. The van der Waals surface area contributed by atoms with E-state index in [1.807, 2.05) is 41.1 Å². The van der Waals surface area contributed by atoms with Gasteiger partial charge in [0.15, 0.2) is 0 Å². The highest BCUT2D eigenvalue weighted by Gasteiger charge is 2.31. The van der Waals surface area contributed by atoms with Gasteiger partial charge in [-0.2, -0.15) is 10.1 Å². The van der Waals surface area contributed by atoms with Gasteiger partial charge in [0, 0.05) is 11.6 Å². The molecule has 0 saturated heterocycles. The average Bonchev–Trinajstić information content (AvgIpc) is 3.21. The van der Waals surface area contributed by atoms with Crippen LogP contribution in [-0.2, 0) is 0 Å². The molecule has 7 heteroatoms. The number of ether oxygens (including phenoxy) is 3. The lowest BCUT2D eigenvalue weighted by Gasteiger charge is -2.32. The fourth-order valence-electron chi connectivity index (χ4n) is 3.55. The molecule has 1 N–H and O–H groups in total. The Morgan fingerprint density at radius 2 is 1.81 bits per heavy atom. The Kier molecular flexibility index (Phi) is 4.58. The van der Waals surface area contributed by atoms with E-state index in [2.05, 4.69) is 21.5 Å². The molecule has 2 atom stereocenters. The van der Waals surface area contributed by atoms with Crippen LogP contribution in [0, 0.1) is 0 Å². The van der Waals surface area contributed by atoms with E-state index in [0.717, 1.165) is 40.7 Å². The zero-order valence-electron chi connectivity index (χ0n) is 15.5. The van der Waals surface area contributed by atoms with E-state index >= 15 is 0 Å². The van der Waals surface area contributed by atoms with Crippen molar-refractivity contribution in [3.63, 3.8) is 0 Å². The lowest BCUT2D eigenvalue weighted by molar-refractivity contribution is 0.370. The standard InChI is InChI=1S/C20H22N4O3/c1-25-14-6-4-5-13(9-14)17-11-18(24-20(23-17)21-12-22-24)16-8-7-15(26-2)10-19(16)27-3/h4-10,12,17-18H,11H2,1-3H3,(H,21,22,23)/t17-,18+/m1/s1. The molecule has 3 aromatic rings. The first-order chi connectivity index (χ1) is 13.2. The smallest absolute Gasteiger partial charge is 0.222 e. The van der Waals surface area contributed by atoms with E-state index in [1.54, 1.807) is 27.7 Å². The van der Waals surface area contributed by atoms with Gasteiger partial charge in [0.25, 0.3) is 0 Å². The maximum atomic E-state index is 5.63. The lowest BCUT2D eigenvalue weighted by Crippen LogP contribution is -2.28. The number of benzene rings is 2. The maximum absolute atomic E-state index is 5.63. The molecule has 1 aliphatic heterocycles. The third kappa shape index (κ3) is 3.16. The lowest BCUT2D eigenvalue weighted by atomic mass is 9.92. The summed E-state index contributed by atoms with van der Waals surface area (Å²) in [7, 11) is 4.99. The minimum atomic E-state index is -0.0131. The van der Waals surface area contributed by atoms with Gasteiger partial charge in [-0.15, -0.1) is 0 Å². The molecule has 0 amide bonds. The molecule has 0 aliphatic carbocycles. The number of hydrogen-bond donors (Lipinski definition) is 1. The van der Waals surface area contributed by atoms with Gasteiger partial charge < -0.3 is 19.5 Å². The summed E-state index contributed by atoms with van der Waals surface area (Å²) in [5.74, 6) is 3.09. The van der Waals surface area contributed by atoms with Gasteiger partial charge in [-0.1, -0.05) is 12.1 Å². The van der Waals surface area contributed by atoms with Gasteiger partial charge in [-0.25, -0.2) is 4.68 Å². The molecule has 1 aromatic heterocycles. The van der Waals surface area contributed by atoms with Crippen LogP contribution >= 0.6 is 0 Å². The molecule has 4 rings (SSSR count). The first-order valence-electron chi connectivity index (χ1n) is 8.75. The number of anilines is 1. The van der Waals surface area contributed by atoms with Crippen molar-refractivity contribution >= 4 is 5.95 Å². The van der Waals surface area contributed by atoms with Crippen LogP contribution in [-0.4, -0.2) is 36.1 Å². The van der Waals surface area contributed by atoms with Crippen molar-refractivity contribution in [2.24, 2.45) is 0 Å². The molecule has 2 aromatic carbocycles. The van der Waals surface area contributed by atoms with Crippen LogP contribution in [0.25, 0.3) is 0 Å². The summed E-state index contributed by atoms with van der Waals surface area (Å²) in [4.78, 5) is 4.38. The first-order valence-corrected chi connectivity index (χ1v) is 8.75. The summed E-state index contributed by atoms with van der Waals surface area (Å²) in [6.45, 7) is 0. The zero-order valence-corrected chi connectivity index (χ0v) is 15.5. The molecule has 1 aliphatic rings. The van der Waals surface area contributed by atoms with Gasteiger partial charge in [0.2, 0.25) is 5.95 Å². The van der Waals surface area contributed by atoms with Crippen LogP contribution in [0.3, 0.4) is 0 Å². The van der Waals surface area contributed by atoms with Crippen LogP contribution in [0.4, 0.5) is 5.95 Å². The molecular weight excluding hydrogens is 344 g/mol. The van der Waals surface area contributed by atoms with E-state index < -0.39 is 0 Å². The SMILES string of the molecule is COc1cccc([C@H]2C[C@@H](c3ccc(OC)cc3OC)n3ncnc3N2)c1. The molecule has 0 saturated carbocycles. The Morgan fingerprint density at radius 1 is 1.00 bits per heavy atom. The quantitative estimate of drug-likeness (QED) is 0.746. The van der Waals surface area contributed by atoms with Gasteiger partial charge in [-0.3, -0.25) is 0 Å². The second-order valence-corrected chi connectivity index (χ2v) is 6.36. The predicted octanol–water partition coefficient (Wildman–Crippen LogP) is 3.45. The number of nitrogens with one attached hydrogen (secondary N) is 1. The zero-order chi connectivity index (χ0) is 18.8. The van der Waals surface area contributed by atoms with Gasteiger partial charge in [0.1, 0.15) is 23.6 Å². The van der Waals surface area contributed by atoms with Gasteiger partial charge >= 0.3 is 0 Å². The molecule has 0 bridgehead atoms. The highest BCUT2D eigenvalue weighted by molar-refractivity contribution is 5.46. The largest absolute Gasteiger partial charge is 0.497 e. The summed E-state index contributed by atoms with van der Waals surface area (Å²) in [6.07, 6.45) is 2.37. The number of hydrogen-bond acceptors (Lipinski definition) is 6. The molecule has 2 heterocycles. The van der Waals surface area contributed by atoms with Crippen LogP contribution < -0.4 is 19.5 Å². The third-order valence-electron chi connectivity index (χ3n) is 4.93. The number of methoxy groups -OCH3 is 3. The summed E-state index contributed by atoms with van der Waals surface area (Å²) < 4.78 is 18.2. The molecule has 0 spiro atoms. The van der Waals surface area contributed by atoms with Crippen LogP contribution in [0.2, 0.25) is 0 Å². The summed E-state index contributed by atoms with van der Waals surface area (Å²) in [6, 6.07) is 14.0. The highest BCUT2D eigenvalue weighted by atomic mass is 16.5. The highest BCUT2D eigenvalue weighted by Crippen LogP contribution is 2.41. The van der Waals surface area contributed by atoms with Crippen LogP contribution in [0.1, 0.15) is 29.6 Å². The van der Waals surface area contributed by atoms with E-state index in [4.69, 9.17) is 14.2 Å². The van der Waals surface area contributed by atoms with Crippen LogP contribution in [0.15, 0.2) is 48.8 Å². The Labute approximate surface area is 157 Å². The molecular formula is C20H22N4O3. The minimum Gasteiger partial charge on any atom is -0.497 e. The normalized spacial score (nSPS) is 18.3. The van der Waals surface area contributed by atoms with E-state index in [9.17, 15) is 0 Å². The Bertz CT molecular complexity index is 940. The third-order valence-corrected chi connectivity index (χ3v) is 4.93.